The number of para-hydroxylation sites is 1. The molecule has 0 saturated carbocycles. The van der Waals surface area contributed by atoms with Gasteiger partial charge in [0.2, 0.25) is 5.89 Å². The number of benzene rings is 5. The first-order valence-corrected chi connectivity index (χ1v) is 17.8. The van der Waals surface area contributed by atoms with Crippen LogP contribution in [0, 0.1) is 0 Å². The Morgan fingerprint density at radius 2 is 1.33 bits per heavy atom. The van der Waals surface area contributed by atoms with Crippen LogP contribution in [0.2, 0.25) is 0 Å². The molecule has 0 saturated heterocycles. The molecule has 7 aromatic rings. The number of oxazole rings is 1. The van der Waals surface area contributed by atoms with Gasteiger partial charge in [-0.25, -0.2) is 4.98 Å². The zero-order valence-corrected chi connectivity index (χ0v) is 30.7. The van der Waals surface area contributed by atoms with Gasteiger partial charge in [0.05, 0.1) is 11.3 Å². The van der Waals surface area contributed by atoms with E-state index in [9.17, 15) is 5.11 Å². The van der Waals surface area contributed by atoms with Crippen molar-refractivity contribution in [3.8, 4) is 28.3 Å². The molecule has 0 aliphatic rings. The molecule has 7 rings (SSSR count). The van der Waals surface area contributed by atoms with Crippen LogP contribution in [0.1, 0.15) is 84.6 Å². The van der Waals surface area contributed by atoms with Crippen molar-refractivity contribution in [2.24, 2.45) is 4.99 Å². The standard InChI is InChI=1S/C44H44N2O2S/c1-42(2,3)27-21-26(39(47)34(23-27)44(7,8)9)25-45-35-19-12-10-16-32(35)41-46-38-33(22-28(43(4,5)6)24-36(38)48-41)31-18-14-17-30-29-15-11-13-20-37(29)49-40(30)31/h10-25,47H,1-9H3. The number of thiophene rings is 1. The first kappa shape index (κ1) is 32.8. The summed E-state index contributed by atoms with van der Waals surface area (Å²) in [6.07, 6.45) is 1.77. The third-order valence-corrected chi connectivity index (χ3v) is 10.6. The molecule has 0 unspecified atom stereocenters. The summed E-state index contributed by atoms with van der Waals surface area (Å²) in [5.41, 5.74) is 8.84. The van der Waals surface area contributed by atoms with E-state index in [1.54, 1.807) is 6.21 Å². The zero-order valence-electron chi connectivity index (χ0n) is 29.9. The molecule has 0 fully saturated rings. The minimum absolute atomic E-state index is 0.0871. The van der Waals surface area contributed by atoms with E-state index in [-0.39, 0.29) is 22.0 Å². The van der Waals surface area contributed by atoms with Gasteiger partial charge in [-0.05, 0) is 63.8 Å². The highest BCUT2D eigenvalue weighted by atomic mass is 32.1. The van der Waals surface area contributed by atoms with Gasteiger partial charge in [-0.1, -0.05) is 117 Å². The first-order valence-electron chi connectivity index (χ1n) is 17.0. The normalized spacial score (nSPS) is 13.0. The summed E-state index contributed by atoms with van der Waals surface area (Å²) < 4.78 is 9.16. The Balaban J connectivity index is 1.39. The molecule has 1 N–H and O–H groups in total. The van der Waals surface area contributed by atoms with Crippen molar-refractivity contribution < 1.29 is 9.52 Å². The smallest absolute Gasteiger partial charge is 0.229 e. The van der Waals surface area contributed by atoms with Crippen LogP contribution >= 0.6 is 11.3 Å². The molecule has 5 aromatic carbocycles. The Morgan fingerprint density at radius 3 is 2.06 bits per heavy atom. The maximum absolute atomic E-state index is 11.4. The van der Waals surface area contributed by atoms with Gasteiger partial charge in [0.1, 0.15) is 11.3 Å². The fourth-order valence-corrected chi connectivity index (χ4v) is 7.64. The highest BCUT2D eigenvalue weighted by Crippen LogP contribution is 2.44. The van der Waals surface area contributed by atoms with Gasteiger partial charge in [0.15, 0.2) is 5.58 Å². The molecule has 0 amide bonds. The van der Waals surface area contributed by atoms with Crippen LogP contribution in [0.25, 0.3) is 53.9 Å². The molecule has 0 bridgehead atoms. The van der Waals surface area contributed by atoms with Gasteiger partial charge >= 0.3 is 0 Å². The highest BCUT2D eigenvalue weighted by molar-refractivity contribution is 7.26. The lowest BCUT2D eigenvalue weighted by Gasteiger charge is -2.27. The van der Waals surface area contributed by atoms with Crippen molar-refractivity contribution in [2.45, 2.75) is 78.6 Å². The second-order valence-electron chi connectivity index (χ2n) is 16.2. The number of rotatable bonds is 4. The molecule has 0 atom stereocenters. The maximum atomic E-state index is 11.4. The summed E-state index contributed by atoms with van der Waals surface area (Å²) in [6.45, 7) is 19.6. The second-order valence-corrected chi connectivity index (χ2v) is 17.2. The average molecular weight is 665 g/mol. The van der Waals surface area contributed by atoms with E-state index >= 15 is 0 Å². The van der Waals surface area contributed by atoms with Gasteiger partial charge in [-0.15, -0.1) is 11.3 Å². The Morgan fingerprint density at radius 1 is 0.673 bits per heavy atom. The molecule has 0 radical (unpaired) electrons. The SMILES string of the molecule is CC(C)(C)c1cc(C=Nc2ccccc2-c2nc3c(-c4cccc5c4sc4ccccc45)cc(C(C)(C)C)cc3o2)c(O)c(C(C)(C)C)c1. The van der Waals surface area contributed by atoms with Crippen molar-refractivity contribution in [2.75, 3.05) is 0 Å². The van der Waals surface area contributed by atoms with E-state index in [4.69, 9.17) is 14.4 Å². The fourth-order valence-electron chi connectivity index (χ4n) is 6.41. The van der Waals surface area contributed by atoms with Gasteiger partial charge in [0, 0.05) is 48.6 Å². The van der Waals surface area contributed by atoms with Gasteiger partial charge in [-0.3, -0.25) is 4.99 Å². The summed E-state index contributed by atoms with van der Waals surface area (Å²) in [7, 11) is 0. The number of aliphatic imine (C=N–C) groups is 1. The van der Waals surface area contributed by atoms with Gasteiger partial charge < -0.3 is 9.52 Å². The van der Waals surface area contributed by atoms with E-state index in [0.29, 0.717) is 11.5 Å². The summed E-state index contributed by atoms with van der Waals surface area (Å²) in [6, 6.07) is 31.7. The summed E-state index contributed by atoms with van der Waals surface area (Å²) in [5, 5.41) is 13.9. The average Bonchev–Trinajstić information content (AvgIpc) is 3.64. The maximum Gasteiger partial charge on any atom is 0.229 e. The topological polar surface area (TPSA) is 58.6 Å². The van der Waals surface area contributed by atoms with E-state index < -0.39 is 0 Å². The van der Waals surface area contributed by atoms with Crippen molar-refractivity contribution in [1.29, 1.82) is 0 Å². The Bertz CT molecular complexity index is 2410. The minimum atomic E-state index is -0.228. The van der Waals surface area contributed by atoms with E-state index in [1.807, 2.05) is 41.7 Å². The monoisotopic (exact) mass is 664 g/mol. The summed E-state index contributed by atoms with van der Waals surface area (Å²) in [5.74, 6) is 0.778. The van der Waals surface area contributed by atoms with Crippen molar-refractivity contribution >= 4 is 54.5 Å². The number of aromatic hydroxyl groups is 1. The third kappa shape index (κ3) is 6.06. The van der Waals surface area contributed by atoms with Crippen molar-refractivity contribution in [3.05, 3.63) is 113 Å². The van der Waals surface area contributed by atoms with Crippen LogP contribution in [0.5, 0.6) is 5.75 Å². The quantitative estimate of drug-likeness (QED) is 0.191. The lowest BCUT2D eigenvalue weighted by atomic mass is 9.79. The van der Waals surface area contributed by atoms with Crippen LogP contribution in [0.3, 0.4) is 0 Å². The lowest BCUT2D eigenvalue weighted by Crippen LogP contribution is -2.17. The number of hydrogen-bond donors (Lipinski definition) is 1. The molecule has 248 valence electrons. The molecule has 49 heavy (non-hydrogen) atoms. The first-order chi connectivity index (χ1) is 23.1. The second kappa shape index (κ2) is 11.7. The molecule has 5 heteroatoms. The van der Waals surface area contributed by atoms with Crippen LogP contribution in [-0.4, -0.2) is 16.3 Å². The molecule has 2 aromatic heterocycles. The fraction of sp³-hybridized carbons (Fsp3) is 0.273. The number of phenols is 1. The van der Waals surface area contributed by atoms with Crippen LogP contribution < -0.4 is 0 Å². The molecule has 4 nitrogen and oxygen atoms in total. The van der Waals surface area contributed by atoms with E-state index in [0.717, 1.165) is 44.6 Å². The van der Waals surface area contributed by atoms with Crippen molar-refractivity contribution in [3.63, 3.8) is 0 Å². The van der Waals surface area contributed by atoms with Gasteiger partial charge in [0.25, 0.3) is 0 Å². The summed E-state index contributed by atoms with van der Waals surface area (Å²) in [4.78, 5) is 10.1. The molecular weight excluding hydrogens is 621 g/mol. The Kier molecular flexibility index (Phi) is 7.83. The zero-order chi connectivity index (χ0) is 34.9. The van der Waals surface area contributed by atoms with E-state index in [1.165, 1.54) is 25.7 Å². The molecule has 0 spiro atoms. The molecule has 0 aliphatic carbocycles. The summed E-state index contributed by atoms with van der Waals surface area (Å²) >= 11 is 1.82. The lowest BCUT2D eigenvalue weighted by molar-refractivity contribution is 0.444. The predicted molar refractivity (Wildman–Crippen MR) is 209 cm³/mol. The number of aromatic nitrogens is 1. The molecular formula is C44H44N2O2S. The number of nitrogens with zero attached hydrogens (tertiary/aromatic N) is 2. The third-order valence-electron chi connectivity index (χ3n) is 9.35. The van der Waals surface area contributed by atoms with Crippen molar-refractivity contribution in [1.82, 2.24) is 4.98 Å². The van der Waals surface area contributed by atoms with Crippen LogP contribution in [-0.2, 0) is 16.2 Å². The van der Waals surface area contributed by atoms with E-state index in [2.05, 4.69) is 123 Å². The Labute approximate surface area is 293 Å². The predicted octanol–water partition coefficient (Wildman–Crippen LogP) is 12.9. The largest absolute Gasteiger partial charge is 0.507 e. The number of fused-ring (bicyclic) bond motifs is 4. The van der Waals surface area contributed by atoms with Gasteiger partial charge in [-0.2, -0.15) is 0 Å². The number of phenolic OH excluding ortho intramolecular Hbond substituents is 1. The van der Waals surface area contributed by atoms with Crippen LogP contribution in [0.4, 0.5) is 5.69 Å². The minimum Gasteiger partial charge on any atom is -0.507 e. The number of hydrogen-bond acceptors (Lipinski definition) is 5. The molecule has 2 heterocycles. The highest BCUT2D eigenvalue weighted by Gasteiger charge is 2.26. The van der Waals surface area contributed by atoms with Crippen LogP contribution in [0.15, 0.2) is 100 Å². The molecule has 0 aliphatic heterocycles. The Hall–Kier alpha value is -4.74.